The SMILES string of the molecule is CCCN(c1nc(C)cc(OCC)n1)C1CCC(N)CC1. The molecule has 1 aliphatic rings. The van der Waals surface area contributed by atoms with E-state index in [-0.39, 0.29) is 0 Å². The van der Waals surface area contributed by atoms with Crippen molar-refractivity contribution in [1.29, 1.82) is 0 Å². The van der Waals surface area contributed by atoms with Gasteiger partial charge in [-0.2, -0.15) is 4.98 Å². The highest BCUT2D eigenvalue weighted by molar-refractivity contribution is 5.36. The molecule has 0 unspecified atom stereocenters. The van der Waals surface area contributed by atoms with Crippen LogP contribution in [0, 0.1) is 6.92 Å². The van der Waals surface area contributed by atoms with Crippen molar-refractivity contribution in [2.75, 3.05) is 18.1 Å². The molecule has 0 aromatic carbocycles. The third-order valence-corrected chi connectivity index (χ3v) is 4.01. The van der Waals surface area contributed by atoms with Crippen LogP contribution in [0.15, 0.2) is 6.07 Å². The van der Waals surface area contributed by atoms with Crippen LogP contribution in [0.2, 0.25) is 0 Å². The number of aryl methyl sites for hydroxylation is 1. The molecule has 0 radical (unpaired) electrons. The molecule has 5 heteroatoms. The van der Waals surface area contributed by atoms with E-state index < -0.39 is 0 Å². The molecule has 1 aromatic rings. The third kappa shape index (κ3) is 4.30. The summed E-state index contributed by atoms with van der Waals surface area (Å²) in [4.78, 5) is 11.6. The van der Waals surface area contributed by atoms with Gasteiger partial charge >= 0.3 is 0 Å². The lowest BCUT2D eigenvalue weighted by Gasteiger charge is -2.36. The summed E-state index contributed by atoms with van der Waals surface area (Å²) >= 11 is 0. The first-order valence-corrected chi connectivity index (χ1v) is 8.14. The van der Waals surface area contributed by atoms with Gasteiger partial charge in [-0.15, -0.1) is 0 Å². The number of ether oxygens (including phenoxy) is 1. The highest BCUT2D eigenvalue weighted by Gasteiger charge is 2.26. The van der Waals surface area contributed by atoms with E-state index in [4.69, 9.17) is 10.5 Å². The minimum absolute atomic E-state index is 0.363. The Morgan fingerprint density at radius 1 is 1.24 bits per heavy atom. The van der Waals surface area contributed by atoms with Crippen LogP contribution in [0.3, 0.4) is 0 Å². The second-order valence-electron chi connectivity index (χ2n) is 5.84. The summed E-state index contributed by atoms with van der Waals surface area (Å²) in [6, 6.07) is 2.76. The summed E-state index contributed by atoms with van der Waals surface area (Å²) in [5.74, 6) is 1.48. The van der Waals surface area contributed by atoms with Gasteiger partial charge in [-0.25, -0.2) is 4.98 Å². The average Bonchev–Trinajstić information content (AvgIpc) is 2.45. The quantitative estimate of drug-likeness (QED) is 0.873. The molecule has 1 aliphatic carbocycles. The molecular weight excluding hydrogens is 264 g/mol. The van der Waals surface area contributed by atoms with Crippen molar-refractivity contribution in [3.63, 3.8) is 0 Å². The van der Waals surface area contributed by atoms with Gasteiger partial charge < -0.3 is 15.4 Å². The molecule has 1 aromatic heterocycles. The number of hydrogen-bond donors (Lipinski definition) is 1. The second kappa shape index (κ2) is 7.59. The van der Waals surface area contributed by atoms with E-state index >= 15 is 0 Å². The Bertz CT molecular complexity index is 444. The molecule has 0 aliphatic heterocycles. The maximum absolute atomic E-state index is 6.03. The Kier molecular flexibility index (Phi) is 5.79. The molecule has 0 bridgehead atoms. The fraction of sp³-hybridized carbons (Fsp3) is 0.750. The summed E-state index contributed by atoms with van der Waals surface area (Å²) in [6.45, 7) is 7.77. The Hall–Kier alpha value is -1.36. The second-order valence-corrected chi connectivity index (χ2v) is 5.84. The topological polar surface area (TPSA) is 64.3 Å². The molecule has 21 heavy (non-hydrogen) atoms. The van der Waals surface area contributed by atoms with Gasteiger partial charge in [0.2, 0.25) is 11.8 Å². The minimum Gasteiger partial charge on any atom is -0.478 e. The molecule has 0 atom stereocenters. The van der Waals surface area contributed by atoms with Gasteiger partial charge in [0.25, 0.3) is 0 Å². The van der Waals surface area contributed by atoms with Gasteiger partial charge in [-0.1, -0.05) is 6.92 Å². The van der Waals surface area contributed by atoms with Crippen molar-refractivity contribution in [1.82, 2.24) is 9.97 Å². The molecule has 118 valence electrons. The zero-order valence-electron chi connectivity index (χ0n) is 13.5. The first-order chi connectivity index (χ1) is 10.1. The maximum atomic E-state index is 6.03. The van der Waals surface area contributed by atoms with Crippen LogP contribution < -0.4 is 15.4 Å². The third-order valence-electron chi connectivity index (χ3n) is 4.01. The summed E-state index contributed by atoms with van der Waals surface area (Å²) in [5, 5.41) is 0. The Balaban J connectivity index is 2.20. The number of rotatable bonds is 6. The van der Waals surface area contributed by atoms with Crippen molar-refractivity contribution < 1.29 is 4.74 Å². The van der Waals surface area contributed by atoms with Gasteiger partial charge in [0.05, 0.1) is 6.61 Å². The summed E-state index contributed by atoms with van der Waals surface area (Å²) in [5.41, 5.74) is 6.98. The van der Waals surface area contributed by atoms with Crippen LogP contribution in [-0.2, 0) is 0 Å². The molecule has 5 nitrogen and oxygen atoms in total. The van der Waals surface area contributed by atoms with E-state index in [1.165, 1.54) is 0 Å². The lowest BCUT2D eigenvalue weighted by molar-refractivity contribution is 0.324. The monoisotopic (exact) mass is 292 g/mol. The van der Waals surface area contributed by atoms with E-state index in [2.05, 4.69) is 21.8 Å². The molecule has 1 heterocycles. The molecule has 0 amide bonds. The van der Waals surface area contributed by atoms with Crippen molar-refractivity contribution >= 4 is 5.95 Å². The molecular formula is C16H28N4O. The summed E-state index contributed by atoms with van der Waals surface area (Å²) < 4.78 is 5.56. The predicted molar refractivity (Wildman–Crippen MR) is 85.8 cm³/mol. The van der Waals surface area contributed by atoms with Crippen LogP contribution in [0.1, 0.15) is 51.6 Å². The van der Waals surface area contributed by atoms with E-state index in [0.717, 1.165) is 50.3 Å². The number of hydrogen-bond acceptors (Lipinski definition) is 5. The fourth-order valence-corrected chi connectivity index (χ4v) is 2.97. The number of nitrogens with zero attached hydrogens (tertiary/aromatic N) is 3. The minimum atomic E-state index is 0.363. The zero-order valence-corrected chi connectivity index (χ0v) is 13.5. The molecule has 1 fully saturated rings. The van der Waals surface area contributed by atoms with Gasteiger partial charge in [-0.3, -0.25) is 0 Å². The largest absolute Gasteiger partial charge is 0.478 e. The van der Waals surface area contributed by atoms with Gasteiger partial charge in [0, 0.05) is 30.4 Å². The van der Waals surface area contributed by atoms with Gasteiger partial charge in [0.15, 0.2) is 0 Å². The molecule has 2 rings (SSSR count). The Morgan fingerprint density at radius 3 is 2.57 bits per heavy atom. The highest BCUT2D eigenvalue weighted by atomic mass is 16.5. The van der Waals surface area contributed by atoms with E-state index in [1.54, 1.807) is 0 Å². The molecule has 0 saturated heterocycles. The number of nitrogens with two attached hydrogens (primary N) is 1. The number of anilines is 1. The number of aromatic nitrogens is 2. The van der Waals surface area contributed by atoms with Crippen LogP contribution >= 0.6 is 0 Å². The summed E-state index contributed by atoms with van der Waals surface area (Å²) in [6.07, 6.45) is 5.53. The standard InChI is InChI=1S/C16H28N4O/c1-4-10-20(14-8-6-13(17)7-9-14)16-18-12(3)11-15(19-16)21-5-2/h11,13-14H,4-10,17H2,1-3H3. The highest BCUT2D eigenvalue weighted by Crippen LogP contribution is 2.26. The van der Waals surface area contributed by atoms with Crippen LogP contribution in [0.4, 0.5) is 5.95 Å². The molecule has 1 saturated carbocycles. The van der Waals surface area contributed by atoms with Crippen LogP contribution in [0.25, 0.3) is 0 Å². The molecule has 2 N–H and O–H groups in total. The Morgan fingerprint density at radius 2 is 1.95 bits per heavy atom. The van der Waals surface area contributed by atoms with E-state index in [1.807, 2.05) is 19.9 Å². The van der Waals surface area contributed by atoms with Crippen molar-refractivity contribution in [3.8, 4) is 5.88 Å². The zero-order chi connectivity index (χ0) is 15.2. The summed E-state index contributed by atoms with van der Waals surface area (Å²) in [7, 11) is 0. The van der Waals surface area contributed by atoms with Gasteiger partial charge in [-0.05, 0) is 46.0 Å². The Labute approximate surface area is 127 Å². The molecule has 0 spiro atoms. The van der Waals surface area contributed by atoms with E-state index in [9.17, 15) is 0 Å². The lowest BCUT2D eigenvalue weighted by Crippen LogP contribution is -2.42. The first kappa shape index (κ1) is 16.0. The van der Waals surface area contributed by atoms with Crippen molar-refractivity contribution in [3.05, 3.63) is 11.8 Å². The van der Waals surface area contributed by atoms with Crippen molar-refractivity contribution in [2.45, 2.75) is 65.0 Å². The van der Waals surface area contributed by atoms with Crippen molar-refractivity contribution in [2.24, 2.45) is 5.73 Å². The fourth-order valence-electron chi connectivity index (χ4n) is 2.97. The first-order valence-electron chi connectivity index (χ1n) is 8.14. The smallest absolute Gasteiger partial charge is 0.229 e. The normalized spacial score (nSPS) is 22.1. The predicted octanol–water partition coefficient (Wildman–Crippen LogP) is 2.67. The maximum Gasteiger partial charge on any atom is 0.229 e. The van der Waals surface area contributed by atoms with E-state index in [0.29, 0.717) is 24.6 Å². The van der Waals surface area contributed by atoms with Crippen LogP contribution in [-0.4, -0.2) is 35.2 Å². The van der Waals surface area contributed by atoms with Crippen LogP contribution in [0.5, 0.6) is 5.88 Å². The van der Waals surface area contributed by atoms with Gasteiger partial charge in [0.1, 0.15) is 0 Å². The average molecular weight is 292 g/mol. The lowest BCUT2D eigenvalue weighted by atomic mass is 9.91.